The maximum atomic E-state index is 2.00. The van der Waals surface area contributed by atoms with Crippen LogP contribution in [-0.2, 0) is 26.2 Å². The molecule has 0 bridgehead atoms. The zero-order valence-electron chi connectivity index (χ0n) is 6.41. The molecular formula is C6H14Cl2Zr. The van der Waals surface area contributed by atoms with E-state index < -0.39 is 0 Å². The van der Waals surface area contributed by atoms with E-state index in [0.29, 0.717) is 0 Å². The Kier molecular flexibility index (Phi) is 197. The number of halogens is 2. The number of hydrogen-bond donors (Lipinski definition) is 0. The van der Waals surface area contributed by atoms with E-state index in [9.17, 15) is 0 Å². The quantitative estimate of drug-likeness (QED) is 0.390. The Morgan fingerprint density at radius 3 is 0.667 bits per heavy atom. The molecule has 0 radical (unpaired) electrons. The van der Waals surface area contributed by atoms with E-state index in [1.807, 2.05) is 40.5 Å². The van der Waals surface area contributed by atoms with Gasteiger partial charge in [0.25, 0.3) is 0 Å². The first-order valence-electron chi connectivity index (χ1n) is 2.31. The van der Waals surface area contributed by atoms with E-state index in [4.69, 9.17) is 0 Å². The van der Waals surface area contributed by atoms with Gasteiger partial charge in [0.2, 0.25) is 0 Å². The summed E-state index contributed by atoms with van der Waals surface area (Å²) in [7, 11) is 0. The van der Waals surface area contributed by atoms with Gasteiger partial charge in [0.15, 0.2) is 0 Å². The molecular weight excluding hydrogens is 234 g/mol. The summed E-state index contributed by atoms with van der Waals surface area (Å²) in [6, 6.07) is 0. The molecule has 0 N–H and O–H groups in total. The van der Waals surface area contributed by atoms with Crippen molar-refractivity contribution in [1.29, 1.82) is 0 Å². The maximum absolute atomic E-state index is 2.00. The zero-order chi connectivity index (χ0) is 5.41. The van der Waals surface area contributed by atoms with Gasteiger partial charge in [0, 0.05) is 0 Å². The minimum atomic E-state index is 0. The fraction of sp³-hybridized carbons (Fsp3) is 0.667. The molecule has 0 heterocycles. The SMILES string of the molecule is C[CH-]C.C[CH-]C.[Cl-].[Cl-].[Zr+4]. The van der Waals surface area contributed by atoms with Crippen molar-refractivity contribution in [2.24, 2.45) is 0 Å². The van der Waals surface area contributed by atoms with E-state index in [-0.39, 0.29) is 51.0 Å². The molecule has 0 fully saturated rings. The van der Waals surface area contributed by atoms with Gasteiger partial charge in [-0.25, -0.2) is 0 Å². The summed E-state index contributed by atoms with van der Waals surface area (Å²) in [4.78, 5) is 0. The fourth-order valence-electron chi connectivity index (χ4n) is 0. The van der Waals surface area contributed by atoms with Gasteiger partial charge >= 0.3 is 26.2 Å². The van der Waals surface area contributed by atoms with Crippen molar-refractivity contribution >= 4 is 0 Å². The molecule has 0 unspecified atom stereocenters. The number of hydrogen-bond acceptors (Lipinski definition) is 0. The number of rotatable bonds is 0. The van der Waals surface area contributed by atoms with Crippen LogP contribution < -0.4 is 24.8 Å². The predicted octanol–water partition coefficient (Wildman–Crippen LogP) is -3.53. The largest absolute Gasteiger partial charge is 4.00 e. The Morgan fingerprint density at radius 1 is 0.667 bits per heavy atom. The van der Waals surface area contributed by atoms with E-state index >= 15 is 0 Å². The van der Waals surface area contributed by atoms with Gasteiger partial charge in [-0.15, -0.1) is 0 Å². The van der Waals surface area contributed by atoms with E-state index in [1.54, 1.807) is 0 Å². The van der Waals surface area contributed by atoms with Gasteiger partial charge in [-0.2, -0.15) is 27.7 Å². The average molecular weight is 248 g/mol. The van der Waals surface area contributed by atoms with Crippen LogP contribution in [0.3, 0.4) is 0 Å². The first kappa shape index (κ1) is 31.4. The summed E-state index contributed by atoms with van der Waals surface area (Å²) in [6.07, 6.45) is 4.00. The molecule has 3 heteroatoms. The van der Waals surface area contributed by atoms with Crippen LogP contribution in [0.4, 0.5) is 0 Å². The molecule has 0 rings (SSSR count). The minimum Gasteiger partial charge on any atom is -1.00 e. The smallest absolute Gasteiger partial charge is 1.00 e. The third kappa shape index (κ3) is 246. The van der Waals surface area contributed by atoms with Crippen molar-refractivity contribution in [2.75, 3.05) is 0 Å². The van der Waals surface area contributed by atoms with Gasteiger partial charge in [-0.05, 0) is 0 Å². The molecule has 9 heavy (non-hydrogen) atoms. The Labute approximate surface area is 91.1 Å². The van der Waals surface area contributed by atoms with E-state index in [1.165, 1.54) is 0 Å². The Hall–Kier alpha value is 1.46. The normalized spacial score (nSPS) is 4.00. The second kappa shape index (κ2) is 56.5. The first-order chi connectivity index (χ1) is 2.83. The molecule has 0 aromatic carbocycles. The molecule has 0 atom stereocenters. The van der Waals surface area contributed by atoms with Crippen molar-refractivity contribution in [2.45, 2.75) is 27.7 Å². The van der Waals surface area contributed by atoms with Crippen LogP contribution in [0.2, 0.25) is 0 Å². The van der Waals surface area contributed by atoms with Crippen molar-refractivity contribution in [3.8, 4) is 0 Å². The average Bonchev–Trinajstić information content (AvgIpc) is 1.39. The molecule has 0 aliphatic rings. The summed E-state index contributed by atoms with van der Waals surface area (Å²) < 4.78 is 0. The molecule has 0 saturated heterocycles. The van der Waals surface area contributed by atoms with Crippen molar-refractivity contribution in [3.63, 3.8) is 0 Å². The molecule has 0 spiro atoms. The molecule has 0 amide bonds. The first-order valence-corrected chi connectivity index (χ1v) is 2.31. The molecule has 0 aromatic heterocycles. The predicted molar refractivity (Wildman–Crippen MR) is 31.3 cm³/mol. The minimum absolute atomic E-state index is 0. The third-order valence-corrected chi connectivity index (χ3v) is 0. The fourth-order valence-corrected chi connectivity index (χ4v) is 0. The summed E-state index contributed by atoms with van der Waals surface area (Å²) >= 11 is 0. The van der Waals surface area contributed by atoms with Gasteiger partial charge in [0.05, 0.1) is 0 Å². The molecule has 0 aliphatic carbocycles. The molecule has 56 valence electrons. The van der Waals surface area contributed by atoms with Crippen molar-refractivity contribution < 1.29 is 51.0 Å². The molecule has 0 aromatic rings. The molecule has 0 aliphatic heterocycles. The van der Waals surface area contributed by atoms with Crippen LogP contribution in [-0.4, -0.2) is 0 Å². The molecule has 0 nitrogen and oxygen atoms in total. The van der Waals surface area contributed by atoms with E-state index in [0.717, 1.165) is 0 Å². The van der Waals surface area contributed by atoms with Crippen LogP contribution in [0, 0.1) is 12.8 Å². The van der Waals surface area contributed by atoms with Gasteiger partial charge in [-0.1, -0.05) is 0 Å². The second-order valence-corrected chi connectivity index (χ2v) is 1.15. The van der Waals surface area contributed by atoms with Crippen molar-refractivity contribution in [1.82, 2.24) is 0 Å². The summed E-state index contributed by atoms with van der Waals surface area (Å²) in [5, 5.41) is 0. The monoisotopic (exact) mass is 246 g/mol. The van der Waals surface area contributed by atoms with Gasteiger partial charge in [-0.3, -0.25) is 0 Å². The summed E-state index contributed by atoms with van der Waals surface area (Å²) in [5.41, 5.74) is 0. The Bertz CT molecular complexity index is 13.0. The topological polar surface area (TPSA) is 0 Å². The second-order valence-electron chi connectivity index (χ2n) is 1.15. The van der Waals surface area contributed by atoms with Gasteiger partial charge < -0.3 is 37.7 Å². The summed E-state index contributed by atoms with van der Waals surface area (Å²) in [6.45, 7) is 8.00. The van der Waals surface area contributed by atoms with Crippen LogP contribution in [0.5, 0.6) is 0 Å². The Morgan fingerprint density at radius 2 is 0.667 bits per heavy atom. The van der Waals surface area contributed by atoms with E-state index in [2.05, 4.69) is 0 Å². The zero-order valence-corrected chi connectivity index (χ0v) is 10.4. The van der Waals surface area contributed by atoms with Crippen LogP contribution in [0.25, 0.3) is 0 Å². The summed E-state index contributed by atoms with van der Waals surface area (Å²) in [5.74, 6) is 0. The molecule has 0 saturated carbocycles. The van der Waals surface area contributed by atoms with Crippen LogP contribution >= 0.6 is 0 Å². The third-order valence-electron chi connectivity index (χ3n) is 0. The van der Waals surface area contributed by atoms with Gasteiger partial charge in [0.1, 0.15) is 0 Å². The standard InChI is InChI=1S/2C3H7.2ClH.Zr/c2*1-3-2;;;/h2*3H,1-2H3;2*1H;/q2*-1;;;+4/p-2. The van der Waals surface area contributed by atoms with Crippen LogP contribution in [0.15, 0.2) is 0 Å². The van der Waals surface area contributed by atoms with Crippen LogP contribution in [0.1, 0.15) is 27.7 Å². The Balaban J connectivity index is -0.00000000889. The maximum Gasteiger partial charge on any atom is 4.00 e. The van der Waals surface area contributed by atoms with Crippen molar-refractivity contribution in [3.05, 3.63) is 12.8 Å².